The summed E-state index contributed by atoms with van der Waals surface area (Å²) >= 11 is 0. The van der Waals surface area contributed by atoms with Gasteiger partial charge in [0.05, 0.1) is 0 Å². The highest BCUT2D eigenvalue weighted by atomic mass is 14.1. The molecule has 0 bridgehead atoms. The standard InChI is InChI=1S/C20H20.C2H6.CH4/c1-15-3-7-17(8-4-15)19-11-13-20(14-12-19)18-9-5-16(2)6-10-18;1-2;/h3-5,7-14,16H,6H2,1-2H3;1-2H3;1H4. The molecule has 0 aromatic heterocycles. The fourth-order valence-corrected chi connectivity index (χ4v) is 2.54. The highest BCUT2D eigenvalue weighted by molar-refractivity contribution is 5.76. The summed E-state index contributed by atoms with van der Waals surface area (Å²) in [6.07, 6.45) is 8.02. The zero-order valence-electron chi connectivity index (χ0n) is 14.1. The topological polar surface area (TPSA) is 0 Å². The quantitative estimate of drug-likeness (QED) is 0.546. The average molecular weight is 306 g/mol. The normalized spacial score (nSPS) is 15.8. The van der Waals surface area contributed by atoms with E-state index in [1.807, 2.05) is 13.8 Å². The number of aryl methyl sites for hydroxylation is 1. The minimum Gasteiger partial charge on any atom is -0.0808 e. The van der Waals surface area contributed by atoms with Crippen LogP contribution in [0.15, 0.2) is 66.8 Å². The molecule has 0 fully saturated rings. The third kappa shape index (κ3) is 4.96. The molecule has 0 saturated carbocycles. The molecule has 0 spiro atoms. The zero-order chi connectivity index (χ0) is 15.9. The Labute approximate surface area is 142 Å². The monoisotopic (exact) mass is 306 g/mol. The van der Waals surface area contributed by atoms with Gasteiger partial charge in [-0.05, 0) is 41.5 Å². The highest BCUT2D eigenvalue weighted by Gasteiger charge is 2.06. The van der Waals surface area contributed by atoms with Crippen molar-refractivity contribution in [3.8, 4) is 11.1 Å². The number of rotatable bonds is 2. The lowest BCUT2D eigenvalue weighted by atomic mass is 9.93. The second-order valence-corrected chi connectivity index (χ2v) is 5.67. The second-order valence-electron chi connectivity index (χ2n) is 5.67. The van der Waals surface area contributed by atoms with Gasteiger partial charge in [0.25, 0.3) is 0 Å². The largest absolute Gasteiger partial charge is 0.0808 e. The summed E-state index contributed by atoms with van der Waals surface area (Å²) in [6, 6.07) is 17.6. The molecular formula is C23H30. The number of hydrogen-bond donors (Lipinski definition) is 0. The van der Waals surface area contributed by atoms with Crippen LogP contribution in [0.1, 0.15) is 45.7 Å². The summed E-state index contributed by atoms with van der Waals surface area (Å²) in [7, 11) is 0. The van der Waals surface area contributed by atoms with E-state index in [-0.39, 0.29) is 7.43 Å². The first-order valence-corrected chi connectivity index (χ1v) is 8.28. The van der Waals surface area contributed by atoms with Crippen LogP contribution in [0.25, 0.3) is 16.7 Å². The Morgan fingerprint density at radius 1 is 0.783 bits per heavy atom. The Kier molecular flexibility index (Phi) is 7.54. The number of allylic oxidation sites excluding steroid dienone is 4. The molecular weight excluding hydrogens is 276 g/mol. The van der Waals surface area contributed by atoms with Gasteiger partial charge in [0, 0.05) is 0 Å². The van der Waals surface area contributed by atoms with Crippen LogP contribution in [-0.2, 0) is 0 Å². The first-order valence-electron chi connectivity index (χ1n) is 8.28. The van der Waals surface area contributed by atoms with Gasteiger partial charge in [-0.3, -0.25) is 0 Å². The van der Waals surface area contributed by atoms with Crippen LogP contribution in [0.5, 0.6) is 0 Å². The maximum atomic E-state index is 2.34. The summed E-state index contributed by atoms with van der Waals surface area (Å²) in [5.41, 5.74) is 6.52. The van der Waals surface area contributed by atoms with Gasteiger partial charge in [-0.1, -0.05) is 101 Å². The van der Waals surface area contributed by atoms with Crippen molar-refractivity contribution >= 4 is 5.57 Å². The van der Waals surface area contributed by atoms with E-state index in [9.17, 15) is 0 Å². The molecule has 1 aliphatic carbocycles. The Morgan fingerprint density at radius 2 is 1.26 bits per heavy atom. The predicted molar refractivity (Wildman–Crippen MR) is 106 cm³/mol. The first kappa shape index (κ1) is 19.0. The van der Waals surface area contributed by atoms with Crippen molar-refractivity contribution in [2.24, 2.45) is 5.92 Å². The SMILES string of the molecule is C.CC.Cc1ccc(-c2ccc(C3=CCC(C)C=C3)cc2)cc1. The Hall–Kier alpha value is -2.08. The maximum Gasteiger partial charge on any atom is -0.0184 e. The van der Waals surface area contributed by atoms with Crippen molar-refractivity contribution in [2.45, 2.75) is 41.5 Å². The second kappa shape index (κ2) is 9.15. The van der Waals surface area contributed by atoms with Crippen LogP contribution in [0, 0.1) is 12.8 Å². The molecule has 0 radical (unpaired) electrons. The van der Waals surface area contributed by atoms with E-state index in [4.69, 9.17) is 0 Å². The van der Waals surface area contributed by atoms with Crippen LogP contribution >= 0.6 is 0 Å². The fraction of sp³-hybridized carbons (Fsp3) is 0.304. The molecule has 1 unspecified atom stereocenters. The molecule has 0 nitrogen and oxygen atoms in total. The maximum absolute atomic E-state index is 2.34. The fourth-order valence-electron chi connectivity index (χ4n) is 2.54. The molecule has 0 heteroatoms. The molecule has 0 heterocycles. The van der Waals surface area contributed by atoms with Gasteiger partial charge in [0.1, 0.15) is 0 Å². The Bertz CT molecular complexity index is 639. The van der Waals surface area contributed by atoms with E-state index in [1.54, 1.807) is 0 Å². The van der Waals surface area contributed by atoms with Gasteiger partial charge in [-0.2, -0.15) is 0 Å². The lowest BCUT2D eigenvalue weighted by Crippen LogP contribution is -1.94. The van der Waals surface area contributed by atoms with Crippen molar-refractivity contribution < 1.29 is 0 Å². The van der Waals surface area contributed by atoms with Crippen LogP contribution in [-0.4, -0.2) is 0 Å². The van der Waals surface area contributed by atoms with Gasteiger partial charge in [-0.25, -0.2) is 0 Å². The smallest absolute Gasteiger partial charge is 0.0184 e. The van der Waals surface area contributed by atoms with Crippen molar-refractivity contribution in [2.75, 3.05) is 0 Å². The zero-order valence-corrected chi connectivity index (χ0v) is 14.1. The molecule has 0 N–H and O–H groups in total. The molecule has 2 aromatic rings. The molecule has 0 saturated heterocycles. The van der Waals surface area contributed by atoms with E-state index >= 15 is 0 Å². The summed E-state index contributed by atoms with van der Waals surface area (Å²) in [6.45, 7) is 8.38. The van der Waals surface area contributed by atoms with E-state index in [2.05, 4.69) is 80.6 Å². The molecule has 3 rings (SSSR count). The number of hydrogen-bond acceptors (Lipinski definition) is 0. The van der Waals surface area contributed by atoms with E-state index in [0.717, 1.165) is 6.42 Å². The van der Waals surface area contributed by atoms with E-state index in [1.165, 1.54) is 27.8 Å². The van der Waals surface area contributed by atoms with Crippen LogP contribution in [0.3, 0.4) is 0 Å². The molecule has 122 valence electrons. The third-order valence-corrected chi connectivity index (χ3v) is 3.92. The average Bonchev–Trinajstić information content (AvgIpc) is 2.58. The highest BCUT2D eigenvalue weighted by Crippen LogP contribution is 2.26. The van der Waals surface area contributed by atoms with Crippen LogP contribution < -0.4 is 0 Å². The predicted octanol–water partition coefficient (Wildman–Crippen LogP) is 7.30. The van der Waals surface area contributed by atoms with Crippen molar-refractivity contribution in [3.05, 3.63) is 77.9 Å². The van der Waals surface area contributed by atoms with Crippen molar-refractivity contribution in [1.82, 2.24) is 0 Å². The van der Waals surface area contributed by atoms with E-state index in [0.29, 0.717) is 5.92 Å². The van der Waals surface area contributed by atoms with Gasteiger partial charge < -0.3 is 0 Å². The Balaban J connectivity index is 0.000000849. The van der Waals surface area contributed by atoms with Gasteiger partial charge in [0.2, 0.25) is 0 Å². The summed E-state index contributed by atoms with van der Waals surface area (Å²) in [5.74, 6) is 0.672. The lowest BCUT2D eigenvalue weighted by Gasteiger charge is -2.12. The summed E-state index contributed by atoms with van der Waals surface area (Å²) < 4.78 is 0. The van der Waals surface area contributed by atoms with Crippen molar-refractivity contribution in [3.63, 3.8) is 0 Å². The van der Waals surface area contributed by atoms with Gasteiger partial charge in [0.15, 0.2) is 0 Å². The lowest BCUT2D eigenvalue weighted by molar-refractivity contribution is 0.739. The first-order chi connectivity index (χ1) is 10.7. The molecule has 23 heavy (non-hydrogen) atoms. The third-order valence-electron chi connectivity index (χ3n) is 3.92. The molecule has 1 atom stereocenters. The van der Waals surface area contributed by atoms with E-state index < -0.39 is 0 Å². The molecule has 0 aliphatic heterocycles. The van der Waals surface area contributed by atoms with Gasteiger partial charge >= 0.3 is 0 Å². The van der Waals surface area contributed by atoms with Crippen LogP contribution in [0.4, 0.5) is 0 Å². The Morgan fingerprint density at radius 3 is 1.74 bits per heavy atom. The van der Waals surface area contributed by atoms with Gasteiger partial charge in [-0.15, -0.1) is 0 Å². The molecule has 0 amide bonds. The summed E-state index contributed by atoms with van der Waals surface area (Å²) in [4.78, 5) is 0. The number of benzene rings is 2. The minimum atomic E-state index is 0. The minimum absolute atomic E-state index is 0. The van der Waals surface area contributed by atoms with Crippen LogP contribution in [0.2, 0.25) is 0 Å². The molecule has 1 aliphatic rings. The summed E-state index contributed by atoms with van der Waals surface area (Å²) in [5, 5.41) is 0. The van der Waals surface area contributed by atoms with Crippen molar-refractivity contribution in [1.29, 1.82) is 0 Å². The molecule has 2 aromatic carbocycles.